The Hall–Kier alpha value is -1.35. The van der Waals surface area contributed by atoms with E-state index in [0.717, 1.165) is 20.6 Å². The number of nitrogens with zero attached hydrogens (tertiary/aromatic N) is 2. The molecule has 0 bridgehead atoms. The van der Waals surface area contributed by atoms with Crippen molar-refractivity contribution in [3.05, 3.63) is 50.8 Å². The zero-order valence-electron chi connectivity index (χ0n) is 12.4. The van der Waals surface area contributed by atoms with Gasteiger partial charge in [-0.05, 0) is 33.8 Å². The third kappa shape index (κ3) is 3.45. The summed E-state index contributed by atoms with van der Waals surface area (Å²) in [6, 6.07) is 7.70. The van der Waals surface area contributed by atoms with Crippen molar-refractivity contribution in [1.82, 2.24) is 9.88 Å². The second-order valence-corrected chi connectivity index (χ2v) is 8.09. The van der Waals surface area contributed by atoms with Crippen molar-refractivity contribution in [2.45, 2.75) is 12.5 Å². The van der Waals surface area contributed by atoms with Crippen LogP contribution in [0.2, 0.25) is 0 Å². The minimum Gasteiger partial charge on any atom is -0.351 e. The normalized spacial score (nSPS) is 17.3. The van der Waals surface area contributed by atoms with Gasteiger partial charge in [0.05, 0.1) is 15.7 Å². The maximum atomic E-state index is 12.7. The van der Waals surface area contributed by atoms with Crippen LogP contribution in [-0.2, 0) is 4.74 Å². The number of aromatic nitrogens is 1. The number of halogens is 1. The summed E-state index contributed by atoms with van der Waals surface area (Å²) >= 11 is 6.16. The Morgan fingerprint density at radius 2 is 2.22 bits per heavy atom. The molecule has 8 heteroatoms. The van der Waals surface area contributed by atoms with Gasteiger partial charge in [0.2, 0.25) is 0 Å². The number of carbonyl (C=O) groups is 1. The summed E-state index contributed by atoms with van der Waals surface area (Å²) in [5.41, 5.74) is 2.54. The van der Waals surface area contributed by atoms with Crippen molar-refractivity contribution in [2.75, 3.05) is 12.4 Å². The van der Waals surface area contributed by atoms with Crippen LogP contribution in [0.3, 0.4) is 0 Å². The van der Waals surface area contributed by atoms with E-state index >= 15 is 0 Å². The molecule has 5 nitrogen and oxygen atoms in total. The number of rotatable bonds is 3. The minimum atomic E-state index is -0.395. The number of anilines is 1. The van der Waals surface area contributed by atoms with Gasteiger partial charge in [-0.15, -0.1) is 0 Å². The first-order chi connectivity index (χ1) is 11.1. The molecule has 1 unspecified atom stereocenters. The first-order valence-corrected chi connectivity index (χ1v) is 9.31. The Morgan fingerprint density at radius 3 is 2.87 bits per heavy atom. The third-order valence-corrected chi connectivity index (χ3v) is 5.69. The van der Waals surface area contributed by atoms with Gasteiger partial charge in [-0.25, -0.2) is 9.78 Å². The van der Waals surface area contributed by atoms with Crippen LogP contribution in [0.5, 0.6) is 0 Å². The molecule has 120 valence electrons. The predicted octanol–water partition coefficient (Wildman–Crippen LogP) is 4.72. The number of urea groups is 1. The van der Waals surface area contributed by atoms with Crippen LogP contribution in [0.4, 0.5) is 9.93 Å². The molecule has 2 amide bonds. The van der Waals surface area contributed by atoms with E-state index in [9.17, 15) is 4.79 Å². The molecule has 1 aromatic heterocycles. The maximum Gasteiger partial charge on any atom is 0.330 e. The molecule has 2 aromatic rings. The maximum absolute atomic E-state index is 12.7. The lowest BCUT2D eigenvalue weighted by Crippen LogP contribution is -2.38. The van der Waals surface area contributed by atoms with Crippen molar-refractivity contribution < 1.29 is 9.53 Å². The van der Waals surface area contributed by atoms with Gasteiger partial charge in [-0.3, -0.25) is 10.2 Å². The molecule has 0 aliphatic carbocycles. The number of aryl methyl sites for hydroxylation is 1. The summed E-state index contributed by atoms with van der Waals surface area (Å²) in [6.45, 7) is 2.02. The molecule has 23 heavy (non-hydrogen) atoms. The number of amides is 2. The van der Waals surface area contributed by atoms with Crippen LogP contribution in [0.15, 0.2) is 39.7 Å². The number of benzene rings is 1. The topological polar surface area (TPSA) is 54.5 Å². The molecule has 0 spiro atoms. The number of ether oxygens (including phenoxy) is 1. The largest absolute Gasteiger partial charge is 0.351 e. The molecule has 0 saturated heterocycles. The second-order valence-electron chi connectivity index (χ2n) is 4.77. The average molecular weight is 412 g/mol. The molecule has 0 saturated carbocycles. The Bertz CT molecular complexity index is 763. The molecule has 1 aliphatic rings. The number of methoxy groups -OCH3 is 1. The van der Waals surface area contributed by atoms with E-state index in [-0.39, 0.29) is 6.03 Å². The molecule has 1 atom stereocenters. The van der Waals surface area contributed by atoms with E-state index in [1.807, 2.05) is 36.6 Å². The fourth-order valence-corrected chi connectivity index (χ4v) is 4.26. The number of thiazole rings is 1. The first-order valence-electron chi connectivity index (χ1n) is 6.76. The quantitative estimate of drug-likeness (QED) is 0.793. The fraction of sp³-hybridized carbons (Fsp3) is 0.200. The van der Waals surface area contributed by atoms with Gasteiger partial charge >= 0.3 is 6.03 Å². The molecular formula is C15H14BrN3O2S2. The monoisotopic (exact) mass is 411 g/mol. The molecule has 0 radical (unpaired) electrons. The Morgan fingerprint density at radius 1 is 1.43 bits per heavy atom. The van der Waals surface area contributed by atoms with Crippen LogP contribution >= 0.6 is 39.0 Å². The molecule has 3 rings (SSSR count). The summed E-state index contributed by atoms with van der Waals surface area (Å²) in [5.74, 6) is 0. The average Bonchev–Trinajstić information content (AvgIpc) is 3.13. The Labute approximate surface area is 150 Å². The van der Waals surface area contributed by atoms with Gasteiger partial charge in [0.25, 0.3) is 0 Å². The lowest BCUT2D eigenvalue weighted by molar-refractivity contribution is 0.0941. The van der Waals surface area contributed by atoms with E-state index in [2.05, 4.69) is 26.2 Å². The fourth-order valence-electron chi connectivity index (χ4n) is 2.24. The highest BCUT2D eigenvalue weighted by Gasteiger charge is 2.34. The smallest absolute Gasteiger partial charge is 0.330 e. The molecule has 1 aromatic carbocycles. The summed E-state index contributed by atoms with van der Waals surface area (Å²) in [5, 5.41) is 5.31. The standard InChI is InChI=1S/C15H14BrN3O2S2/c1-9-5-3-4-6-10(9)11-8-22-15(21-2)19(11)14(20)18-13-17-7-12(16)23-13/h3-8,15H,1-2H3,(H,17,18,20). The SMILES string of the molecule is COC1SC=C(c2ccccc2C)N1C(=O)Nc1ncc(Br)s1. The third-order valence-electron chi connectivity index (χ3n) is 3.30. The van der Waals surface area contributed by atoms with E-state index in [1.165, 1.54) is 23.1 Å². The highest BCUT2D eigenvalue weighted by molar-refractivity contribution is 9.11. The van der Waals surface area contributed by atoms with Gasteiger partial charge in [0.15, 0.2) is 10.7 Å². The van der Waals surface area contributed by atoms with Gasteiger partial charge < -0.3 is 4.74 Å². The predicted molar refractivity (Wildman–Crippen MR) is 98.2 cm³/mol. The van der Waals surface area contributed by atoms with E-state index < -0.39 is 5.56 Å². The Balaban J connectivity index is 1.88. The summed E-state index contributed by atoms with van der Waals surface area (Å²) in [6.07, 6.45) is 1.66. The van der Waals surface area contributed by atoms with Gasteiger partial charge in [0.1, 0.15) is 0 Å². The first kappa shape index (κ1) is 16.5. The van der Waals surface area contributed by atoms with Crippen molar-refractivity contribution in [3.8, 4) is 0 Å². The highest BCUT2D eigenvalue weighted by Crippen LogP contribution is 2.38. The van der Waals surface area contributed by atoms with Crippen LogP contribution in [0.25, 0.3) is 5.70 Å². The molecule has 1 aliphatic heterocycles. The van der Waals surface area contributed by atoms with Crippen molar-refractivity contribution >= 4 is 55.9 Å². The zero-order chi connectivity index (χ0) is 16.4. The highest BCUT2D eigenvalue weighted by atomic mass is 79.9. The lowest BCUT2D eigenvalue weighted by atomic mass is 10.1. The number of hydrogen-bond acceptors (Lipinski definition) is 5. The number of nitrogens with one attached hydrogen (secondary N) is 1. The summed E-state index contributed by atoms with van der Waals surface area (Å²) in [4.78, 5) is 18.5. The van der Waals surface area contributed by atoms with E-state index in [4.69, 9.17) is 4.74 Å². The zero-order valence-corrected chi connectivity index (χ0v) is 15.7. The van der Waals surface area contributed by atoms with E-state index in [0.29, 0.717) is 5.13 Å². The molecule has 0 fully saturated rings. The van der Waals surface area contributed by atoms with Crippen molar-refractivity contribution in [3.63, 3.8) is 0 Å². The molecule has 2 heterocycles. The van der Waals surface area contributed by atoms with Gasteiger partial charge in [-0.1, -0.05) is 47.4 Å². The van der Waals surface area contributed by atoms with E-state index in [1.54, 1.807) is 18.2 Å². The lowest BCUT2D eigenvalue weighted by Gasteiger charge is -2.26. The summed E-state index contributed by atoms with van der Waals surface area (Å²) in [7, 11) is 1.59. The Kier molecular flexibility index (Phi) is 5.05. The van der Waals surface area contributed by atoms with Crippen LogP contribution < -0.4 is 5.32 Å². The molecular weight excluding hydrogens is 398 g/mol. The van der Waals surface area contributed by atoms with Crippen LogP contribution in [0.1, 0.15) is 11.1 Å². The number of thioether (sulfide) groups is 1. The number of hydrogen-bond donors (Lipinski definition) is 1. The summed E-state index contributed by atoms with van der Waals surface area (Å²) < 4.78 is 6.29. The van der Waals surface area contributed by atoms with Gasteiger partial charge in [0, 0.05) is 12.7 Å². The molecule has 1 N–H and O–H groups in total. The second kappa shape index (κ2) is 7.04. The minimum absolute atomic E-state index is 0.266. The van der Waals surface area contributed by atoms with Crippen molar-refractivity contribution in [2.24, 2.45) is 0 Å². The van der Waals surface area contributed by atoms with Crippen LogP contribution in [0, 0.1) is 6.92 Å². The van der Waals surface area contributed by atoms with Crippen molar-refractivity contribution in [1.29, 1.82) is 0 Å². The van der Waals surface area contributed by atoms with Gasteiger partial charge in [-0.2, -0.15) is 0 Å². The number of carbonyl (C=O) groups excluding carboxylic acids is 1. The van der Waals surface area contributed by atoms with Crippen LogP contribution in [-0.4, -0.2) is 28.6 Å².